The Kier molecular flexibility index (Phi) is 4.62. The average Bonchev–Trinajstić information content (AvgIpc) is 3.51. The molecule has 1 aromatic carbocycles. The molecule has 0 saturated heterocycles. The predicted octanol–water partition coefficient (Wildman–Crippen LogP) is 1.63. The Bertz CT molecular complexity index is 1020. The first-order valence-electron chi connectivity index (χ1n) is 9.14. The van der Waals surface area contributed by atoms with Gasteiger partial charge in [0.1, 0.15) is 11.8 Å². The lowest BCUT2D eigenvalue weighted by atomic mass is 10.1. The van der Waals surface area contributed by atoms with E-state index in [9.17, 15) is 13.2 Å². The van der Waals surface area contributed by atoms with Gasteiger partial charge in [0.05, 0.1) is 29.9 Å². The monoisotopic (exact) mass is 402 g/mol. The van der Waals surface area contributed by atoms with Crippen LogP contribution in [0.1, 0.15) is 31.2 Å². The summed E-state index contributed by atoms with van der Waals surface area (Å²) in [4.78, 5) is 15.6. The van der Waals surface area contributed by atoms with Crippen molar-refractivity contribution in [3.05, 3.63) is 42.1 Å². The van der Waals surface area contributed by atoms with E-state index in [2.05, 4.69) is 10.3 Å². The molecule has 1 atom stereocenters. The maximum absolute atomic E-state index is 13.5. The first-order valence-corrected chi connectivity index (χ1v) is 10.6. The van der Waals surface area contributed by atoms with Crippen LogP contribution >= 0.6 is 0 Å². The quantitative estimate of drug-likeness (QED) is 0.786. The van der Waals surface area contributed by atoms with Crippen LogP contribution in [-0.2, 0) is 14.8 Å². The third kappa shape index (κ3) is 3.62. The van der Waals surface area contributed by atoms with Gasteiger partial charge in [-0.05, 0) is 42.5 Å². The van der Waals surface area contributed by atoms with Gasteiger partial charge in [0.2, 0.25) is 11.8 Å². The SMILES string of the molecule is CC(=O)NC[C@H]1CN(S(=O)(=O)c2cccc(C3CC3)c2)c2cc(N)cnc2O1. The van der Waals surface area contributed by atoms with Crippen LogP contribution in [0.25, 0.3) is 0 Å². The van der Waals surface area contributed by atoms with Gasteiger partial charge in [-0.3, -0.25) is 9.10 Å². The highest BCUT2D eigenvalue weighted by Crippen LogP contribution is 2.41. The second-order valence-electron chi connectivity index (χ2n) is 7.15. The molecule has 3 N–H and O–H groups in total. The van der Waals surface area contributed by atoms with Crippen molar-refractivity contribution in [2.45, 2.75) is 36.7 Å². The lowest BCUT2D eigenvalue weighted by molar-refractivity contribution is -0.119. The number of nitrogens with one attached hydrogen (secondary N) is 1. The zero-order chi connectivity index (χ0) is 19.9. The number of ether oxygens (including phenoxy) is 1. The Morgan fingerprint density at radius 1 is 1.36 bits per heavy atom. The van der Waals surface area contributed by atoms with E-state index < -0.39 is 16.1 Å². The molecular weight excluding hydrogens is 380 g/mol. The van der Waals surface area contributed by atoms with Crippen LogP contribution in [0, 0.1) is 0 Å². The molecule has 1 saturated carbocycles. The van der Waals surface area contributed by atoms with E-state index in [1.807, 2.05) is 6.07 Å². The van der Waals surface area contributed by atoms with Gasteiger partial charge in [0, 0.05) is 6.92 Å². The number of hydrogen-bond acceptors (Lipinski definition) is 6. The third-order valence-electron chi connectivity index (χ3n) is 4.84. The van der Waals surface area contributed by atoms with E-state index in [0.717, 1.165) is 18.4 Å². The van der Waals surface area contributed by atoms with Crippen molar-refractivity contribution in [3.8, 4) is 5.88 Å². The van der Waals surface area contributed by atoms with E-state index >= 15 is 0 Å². The van der Waals surface area contributed by atoms with E-state index in [1.165, 1.54) is 17.4 Å². The molecule has 0 unspecified atom stereocenters. The standard InChI is InChI=1S/C19H22N4O4S/c1-12(24)21-10-16-11-23(18-8-15(20)9-22-19(18)27-16)28(25,26)17-4-2-3-14(7-17)13-5-6-13/h2-4,7-9,13,16H,5-6,10-11,20H2,1H3,(H,21,24)/t16-/m0/s1. The Hall–Kier alpha value is -2.81. The van der Waals surface area contributed by atoms with Crippen molar-refractivity contribution in [2.24, 2.45) is 0 Å². The van der Waals surface area contributed by atoms with Crippen molar-refractivity contribution in [1.82, 2.24) is 10.3 Å². The Morgan fingerprint density at radius 3 is 2.86 bits per heavy atom. The molecule has 1 aromatic heterocycles. The minimum atomic E-state index is -3.85. The highest BCUT2D eigenvalue weighted by atomic mass is 32.2. The topological polar surface area (TPSA) is 115 Å². The number of anilines is 2. The van der Waals surface area contributed by atoms with Gasteiger partial charge < -0.3 is 15.8 Å². The van der Waals surface area contributed by atoms with Gasteiger partial charge >= 0.3 is 0 Å². The van der Waals surface area contributed by atoms with Gasteiger partial charge in [-0.2, -0.15) is 0 Å². The largest absolute Gasteiger partial charge is 0.469 e. The second kappa shape index (κ2) is 6.97. The van der Waals surface area contributed by atoms with Crippen LogP contribution in [0.5, 0.6) is 5.88 Å². The molecule has 0 bridgehead atoms. The zero-order valence-electron chi connectivity index (χ0n) is 15.5. The number of benzene rings is 1. The summed E-state index contributed by atoms with van der Waals surface area (Å²) in [5, 5.41) is 2.66. The lowest BCUT2D eigenvalue weighted by Crippen LogP contribution is -2.48. The van der Waals surface area contributed by atoms with Gasteiger partial charge in [0.15, 0.2) is 0 Å². The molecule has 0 spiro atoms. The number of carbonyl (C=O) groups is 1. The second-order valence-corrected chi connectivity index (χ2v) is 9.02. The molecule has 1 amide bonds. The van der Waals surface area contributed by atoms with Crippen molar-refractivity contribution in [2.75, 3.05) is 23.1 Å². The summed E-state index contributed by atoms with van der Waals surface area (Å²) in [7, 11) is -3.85. The summed E-state index contributed by atoms with van der Waals surface area (Å²) in [5.41, 5.74) is 7.52. The number of sulfonamides is 1. The summed E-state index contributed by atoms with van der Waals surface area (Å²) < 4.78 is 34.0. The van der Waals surface area contributed by atoms with Crippen LogP contribution in [0.15, 0.2) is 41.4 Å². The lowest BCUT2D eigenvalue weighted by Gasteiger charge is -2.34. The van der Waals surface area contributed by atoms with Crippen molar-refractivity contribution >= 4 is 27.3 Å². The minimum Gasteiger partial charge on any atom is -0.469 e. The number of carbonyl (C=O) groups excluding carboxylic acids is 1. The third-order valence-corrected chi connectivity index (χ3v) is 6.62. The minimum absolute atomic E-state index is 0.0500. The molecule has 28 heavy (non-hydrogen) atoms. The zero-order valence-corrected chi connectivity index (χ0v) is 16.3. The molecule has 1 fully saturated rings. The summed E-state index contributed by atoms with van der Waals surface area (Å²) in [6.07, 6.45) is 3.03. The maximum Gasteiger partial charge on any atom is 0.264 e. The Balaban J connectivity index is 1.72. The summed E-state index contributed by atoms with van der Waals surface area (Å²) in [6, 6.07) is 8.61. The summed E-state index contributed by atoms with van der Waals surface area (Å²) in [5.74, 6) is 0.404. The first-order chi connectivity index (χ1) is 13.3. The number of nitrogens with zero attached hydrogens (tertiary/aromatic N) is 2. The summed E-state index contributed by atoms with van der Waals surface area (Å²) in [6.45, 7) is 1.62. The van der Waals surface area contributed by atoms with Crippen LogP contribution in [-0.4, -0.2) is 38.5 Å². The Labute approximate surface area is 163 Å². The molecule has 2 aromatic rings. The van der Waals surface area contributed by atoms with Crippen LogP contribution < -0.4 is 20.1 Å². The highest BCUT2D eigenvalue weighted by Gasteiger charge is 2.36. The highest BCUT2D eigenvalue weighted by molar-refractivity contribution is 7.92. The molecule has 1 aliphatic heterocycles. The molecule has 2 aliphatic rings. The van der Waals surface area contributed by atoms with Gasteiger partial charge in [-0.25, -0.2) is 13.4 Å². The number of aromatic nitrogens is 1. The van der Waals surface area contributed by atoms with Crippen molar-refractivity contribution < 1.29 is 17.9 Å². The number of fused-ring (bicyclic) bond motifs is 1. The fraction of sp³-hybridized carbons (Fsp3) is 0.368. The van der Waals surface area contributed by atoms with Crippen molar-refractivity contribution in [3.63, 3.8) is 0 Å². The van der Waals surface area contributed by atoms with Gasteiger partial charge in [-0.1, -0.05) is 12.1 Å². The van der Waals surface area contributed by atoms with E-state index in [0.29, 0.717) is 17.3 Å². The van der Waals surface area contributed by atoms with Crippen LogP contribution in [0.2, 0.25) is 0 Å². The average molecular weight is 402 g/mol. The number of hydrogen-bond donors (Lipinski definition) is 2. The Morgan fingerprint density at radius 2 is 2.14 bits per heavy atom. The number of nitrogens with two attached hydrogens (primary N) is 1. The number of pyridine rings is 1. The van der Waals surface area contributed by atoms with Gasteiger partial charge in [0.25, 0.3) is 10.0 Å². The molecule has 148 valence electrons. The van der Waals surface area contributed by atoms with Crippen molar-refractivity contribution in [1.29, 1.82) is 0 Å². The van der Waals surface area contributed by atoms with E-state index in [-0.39, 0.29) is 29.8 Å². The molecule has 9 heteroatoms. The molecule has 1 aliphatic carbocycles. The molecule has 8 nitrogen and oxygen atoms in total. The molecule has 4 rings (SSSR count). The smallest absolute Gasteiger partial charge is 0.264 e. The fourth-order valence-corrected chi connectivity index (χ4v) is 4.81. The number of rotatable bonds is 5. The molecule has 0 radical (unpaired) electrons. The number of amides is 1. The molecular formula is C19H22N4O4S. The first kappa shape index (κ1) is 18.5. The fourth-order valence-electron chi connectivity index (χ4n) is 3.27. The van der Waals surface area contributed by atoms with Crippen LogP contribution in [0.3, 0.4) is 0 Å². The van der Waals surface area contributed by atoms with Gasteiger partial charge in [-0.15, -0.1) is 0 Å². The van der Waals surface area contributed by atoms with Crippen LogP contribution in [0.4, 0.5) is 11.4 Å². The summed E-state index contributed by atoms with van der Waals surface area (Å²) >= 11 is 0. The van der Waals surface area contributed by atoms with E-state index in [4.69, 9.17) is 10.5 Å². The predicted molar refractivity (Wildman–Crippen MR) is 105 cm³/mol. The normalized spacial score (nSPS) is 18.9. The molecule has 2 heterocycles. The number of nitrogen functional groups attached to an aromatic ring is 1. The maximum atomic E-state index is 13.5. The van der Waals surface area contributed by atoms with E-state index in [1.54, 1.807) is 24.3 Å².